The van der Waals surface area contributed by atoms with Crippen LogP contribution in [-0.4, -0.2) is 33.8 Å². The molecule has 0 amide bonds. The summed E-state index contributed by atoms with van der Waals surface area (Å²) in [5, 5.41) is 19.7. The highest BCUT2D eigenvalue weighted by molar-refractivity contribution is 5.93. The molecule has 1 heterocycles. The number of nitrogens with zero attached hydrogens (tertiary/aromatic N) is 1. The van der Waals surface area contributed by atoms with E-state index in [1.807, 2.05) is 27.7 Å². The molecule has 0 radical (unpaired) electrons. The van der Waals surface area contributed by atoms with Gasteiger partial charge in [0.1, 0.15) is 6.10 Å². The van der Waals surface area contributed by atoms with E-state index in [4.69, 9.17) is 5.73 Å². The lowest BCUT2D eigenvalue weighted by atomic mass is 9.90. The highest BCUT2D eigenvalue weighted by Gasteiger charge is 2.49. The number of hydrogen-bond donors (Lipinski definition) is 3. The molecule has 0 aliphatic carbocycles. The van der Waals surface area contributed by atoms with Crippen LogP contribution in [0.3, 0.4) is 0 Å². The Morgan fingerprint density at radius 3 is 2.07 bits per heavy atom. The molecule has 82 valence electrons. The van der Waals surface area contributed by atoms with Crippen molar-refractivity contribution in [3.63, 3.8) is 0 Å². The van der Waals surface area contributed by atoms with Gasteiger partial charge in [0.15, 0.2) is 5.72 Å². The summed E-state index contributed by atoms with van der Waals surface area (Å²) in [5.41, 5.74) is 4.69. The van der Waals surface area contributed by atoms with Crippen LogP contribution in [0, 0.1) is 11.8 Å². The minimum atomic E-state index is -1.60. The highest BCUT2D eigenvalue weighted by Crippen LogP contribution is 2.29. The van der Waals surface area contributed by atoms with Gasteiger partial charge >= 0.3 is 0 Å². The lowest BCUT2D eigenvalue weighted by Gasteiger charge is -2.29. The quantitative estimate of drug-likeness (QED) is 0.554. The first-order chi connectivity index (χ1) is 6.28. The molecule has 4 heteroatoms. The Morgan fingerprint density at radius 1 is 1.36 bits per heavy atom. The van der Waals surface area contributed by atoms with Crippen LogP contribution in [0.4, 0.5) is 0 Å². The van der Waals surface area contributed by atoms with Crippen molar-refractivity contribution in [3.05, 3.63) is 0 Å². The molecule has 14 heavy (non-hydrogen) atoms. The van der Waals surface area contributed by atoms with E-state index in [2.05, 4.69) is 4.99 Å². The van der Waals surface area contributed by atoms with Crippen molar-refractivity contribution in [1.82, 2.24) is 0 Å². The minimum Gasteiger partial charge on any atom is -0.383 e. The second-order valence-electron chi connectivity index (χ2n) is 4.69. The van der Waals surface area contributed by atoms with E-state index >= 15 is 0 Å². The van der Waals surface area contributed by atoms with Gasteiger partial charge in [-0.3, -0.25) is 10.7 Å². The smallest absolute Gasteiger partial charge is 0.167 e. The fourth-order valence-corrected chi connectivity index (χ4v) is 1.88. The molecule has 0 aromatic rings. The lowest BCUT2D eigenvalue weighted by molar-refractivity contribution is -0.0546. The van der Waals surface area contributed by atoms with Crippen LogP contribution in [0.1, 0.15) is 27.7 Å². The number of aliphatic imine (C=N–C) groups is 1. The van der Waals surface area contributed by atoms with E-state index in [0.29, 0.717) is 5.71 Å². The first-order valence-electron chi connectivity index (χ1n) is 5.05. The van der Waals surface area contributed by atoms with Gasteiger partial charge in [-0.05, 0) is 11.8 Å². The summed E-state index contributed by atoms with van der Waals surface area (Å²) in [6, 6.07) is -0.408. The molecule has 0 bridgehead atoms. The number of rotatable bonds is 2. The van der Waals surface area contributed by atoms with Crippen LogP contribution in [0.25, 0.3) is 0 Å². The van der Waals surface area contributed by atoms with Crippen molar-refractivity contribution >= 4 is 5.71 Å². The predicted octanol–water partition coefficient (Wildman–Crippen LogP) is 0.130. The third-order valence-electron chi connectivity index (χ3n) is 2.70. The summed E-state index contributed by atoms with van der Waals surface area (Å²) < 4.78 is 0. The molecule has 0 aromatic heterocycles. The van der Waals surface area contributed by atoms with Gasteiger partial charge in [0, 0.05) is 5.71 Å². The van der Waals surface area contributed by atoms with Gasteiger partial charge in [0.05, 0.1) is 6.04 Å². The minimum absolute atomic E-state index is 0.115. The summed E-state index contributed by atoms with van der Waals surface area (Å²) in [7, 11) is 0. The largest absolute Gasteiger partial charge is 0.383 e. The molecule has 4 nitrogen and oxygen atoms in total. The molecule has 1 rings (SSSR count). The first kappa shape index (κ1) is 11.6. The van der Waals surface area contributed by atoms with E-state index < -0.39 is 17.9 Å². The van der Waals surface area contributed by atoms with E-state index in [9.17, 15) is 10.2 Å². The predicted molar refractivity (Wildman–Crippen MR) is 56.0 cm³/mol. The van der Waals surface area contributed by atoms with Gasteiger partial charge < -0.3 is 10.2 Å². The van der Waals surface area contributed by atoms with Gasteiger partial charge in [0.25, 0.3) is 0 Å². The third-order valence-corrected chi connectivity index (χ3v) is 2.70. The molecule has 0 fully saturated rings. The maximum atomic E-state index is 9.93. The maximum absolute atomic E-state index is 9.93. The van der Waals surface area contributed by atoms with Crippen molar-refractivity contribution in [2.24, 2.45) is 22.6 Å². The monoisotopic (exact) mass is 200 g/mol. The van der Waals surface area contributed by atoms with Gasteiger partial charge in [-0.1, -0.05) is 27.7 Å². The van der Waals surface area contributed by atoms with Crippen LogP contribution >= 0.6 is 0 Å². The Kier molecular flexibility index (Phi) is 2.99. The highest BCUT2D eigenvalue weighted by atomic mass is 16.4. The molecule has 0 saturated carbocycles. The summed E-state index contributed by atoms with van der Waals surface area (Å²) in [5.74, 6) is 0.236. The topological polar surface area (TPSA) is 78.8 Å². The summed E-state index contributed by atoms with van der Waals surface area (Å²) in [6.45, 7) is 7.73. The summed E-state index contributed by atoms with van der Waals surface area (Å²) in [6.07, 6.45) is -1.03. The SMILES string of the molecule is CC(C)C1=NC(C(C)C)C(N)(O)[C@H]1O. The molecular formula is C10H20N2O2. The molecule has 0 saturated heterocycles. The summed E-state index contributed by atoms with van der Waals surface area (Å²) >= 11 is 0. The van der Waals surface area contributed by atoms with Gasteiger partial charge in [0.2, 0.25) is 0 Å². The van der Waals surface area contributed by atoms with Crippen molar-refractivity contribution in [2.75, 3.05) is 0 Å². The van der Waals surface area contributed by atoms with Crippen molar-refractivity contribution in [1.29, 1.82) is 0 Å². The molecule has 4 N–H and O–H groups in total. The van der Waals surface area contributed by atoms with Gasteiger partial charge in [-0.25, -0.2) is 0 Å². The number of hydrogen-bond acceptors (Lipinski definition) is 4. The third kappa shape index (κ3) is 1.69. The van der Waals surface area contributed by atoms with Crippen LogP contribution in [-0.2, 0) is 0 Å². The van der Waals surface area contributed by atoms with E-state index in [0.717, 1.165) is 0 Å². The van der Waals surface area contributed by atoms with Gasteiger partial charge in [-0.2, -0.15) is 0 Å². The van der Waals surface area contributed by atoms with Crippen molar-refractivity contribution < 1.29 is 10.2 Å². The molecular weight excluding hydrogens is 180 g/mol. The average Bonchev–Trinajstić information content (AvgIpc) is 2.24. The lowest BCUT2D eigenvalue weighted by Crippen LogP contribution is -2.58. The zero-order valence-electron chi connectivity index (χ0n) is 9.23. The molecule has 2 unspecified atom stereocenters. The Labute approximate surface area is 84.8 Å². The van der Waals surface area contributed by atoms with Gasteiger partial charge in [-0.15, -0.1) is 0 Å². The fourth-order valence-electron chi connectivity index (χ4n) is 1.88. The van der Waals surface area contributed by atoms with Crippen LogP contribution in [0.2, 0.25) is 0 Å². The zero-order chi connectivity index (χ0) is 11.1. The Bertz CT molecular complexity index is 247. The normalized spacial score (nSPS) is 38.2. The standard InChI is InChI=1S/C10H20N2O2/c1-5(2)7-9(13)10(11,14)8(12-7)6(3)4/h5-6,8-9,13-14H,11H2,1-4H3/t8?,9-,10?/m0/s1. The molecule has 0 aromatic carbocycles. The van der Waals surface area contributed by atoms with E-state index in [-0.39, 0.29) is 11.8 Å². The second kappa shape index (κ2) is 3.61. The number of aliphatic hydroxyl groups is 2. The molecule has 1 aliphatic rings. The van der Waals surface area contributed by atoms with Crippen LogP contribution in [0.5, 0.6) is 0 Å². The van der Waals surface area contributed by atoms with E-state index in [1.165, 1.54) is 0 Å². The molecule has 3 atom stereocenters. The Hall–Kier alpha value is -0.450. The molecule has 0 spiro atoms. The van der Waals surface area contributed by atoms with Crippen LogP contribution < -0.4 is 5.73 Å². The number of aliphatic hydroxyl groups excluding tert-OH is 1. The Balaban J connectivity index is 2.99. The molecule has 1 aliphatic heterocycles. The average molecular weight is 200 g/mol. The fraction of sp³-hybridized carbons (Fsp3) is 0.900. The maximum Gasteiger partial charge on any atom is 0.167 e. The van der Waals surface area contributed by atoms with Crippen molar-refractivity contribution in [3.8, 4) is 0 Å². The van der Waals surface area contributed by atoms with E-state index in [1.54, 1.807) is 0 Å². The first-order valence-corrected chi connectivity index (χ1v) is 5.05. The second-order valence-corrected chi connectivity index (χ2v) is 4.69. The Morgan fingerprint density at radius 2 is 1.86 bits per heavy atom. The zero-order valence-corrected chi connectivity index (χ0v) is 9.23. The summed E-state index contributed by atoms with van der Waals surface area (Å²) in [4.78, 5) is 4.31. The van der Waals surface area contributed by atoms with Crippen LogP contribution in [0.15, 0.2) is 4.99 Å². The number of nitrogens with two attached hydrogens (primary N) is 1. The van der Waals surface area contributed by atoms with Crippen molar-refractivity contribution in [2.45, 2.75) is 45.6 Å².